The van der Waals surface area contributed by atoms with Crippen LogP contribution in [0.2, 0.25) is 0 Å². The fourth-order valence-corrected chi connectivity index (χ4v) is 4.10. The highest BCUT2D eigenvalue weighted by Crippen LogP contribution is 2.44. The normalized spacial score (nSPS) is 17.9. The summed E-state index contributed by atoms with van der Waals surface area (Å²) < 4.78 is 6.79. The molecule has 0 saturated heterocycles. The Morgan fingerprint density at radius 2 is 1.43 bits per heavy atom. The molecule has 4 aromatic rings. The van der Waals surface area contributed by atoms with Gasteiger partial charge >= 0.3 is 0 Å². The molecule has 0 spiro atoms. The van der Waals surface area contributed by atoms with Gasteiger partial charge in [-0.05, 0) is 41.0 Å². The highest BCUT2D eigenvalue weighted by atomic mass is 16.5. The van der Waals surface area contributed by atoms with Gasteiger partial charge in [0.1, 0.15) is 5.75 Å². The molecule has 0 bridgehead atoms. The predicted molar refractivity (Wildman–Crippen MR) is 117 cm³/mol. The first-order valence-corrected chi connectivity index (χ1v) is 9.85. The number of fused-ring (bicyclic) bond motifs is 3. The Balaban J connectivity index is 1.71. The topological polar surface area (TPSA) is 9.23 Å². The van der Waals surface area contributed by atoms with E-state index in [4.69, 9.17) is 4.74 Å². The van der Waals surface area contributed by atoms with Crippen molar-refractivity contribution in [3.8, 4) is 5.75 Å². The molecule has 0 amide bonds. The maximum absolute atomic E-state index is 6.79. The third-order valence-electron chi connectivity index (χ3n) is 5.68. The molecule has 28 heavy (non-hydrogen) atoms. The van der Waals surface area contributed by atoms with E-state index in [9.17, 15) is 0 Å². The minimum Gasteiger partial charge on any atom is -0.473 e. The molecule has 0 N–H and O–H groups in total. The average molecular weight is 362 g/mol. The molecule has 1 unspecified atom stereocenters. The first-order chi connectivity index (χ1) is 13.8. The van der Waals surface area contributed by atoms with Crippen LogP contribution in [0.1, 0.15) is 29.2 Å². The molecule has 5 rings (SSSR count). The Morgan fingerprint density at radius 3 is 2.21 bits per heavy atom. The van der Waals surface area contributed by atoms with Gasteiger partial charge < -0.3 is 4.74 Å². The lowest BCUT2D eigenvalue weighted by atomic mass is 9.83. The highest BCUT2D eigenvalue weighted by molar-refractivity contribution is 5.94. The van der Waals surface area contributed by atoms with Crippen molar-refractivity contribution >= 4 is 16.8 Å². The van der Waals surface area contributed by atoms with Crippen LogP contribution in [0.15, 0.2) is 97.1 Å². The zero-order chi connectivity index (χ0) is 19.0. The van der Waals surface area contributed by atoms with Crippen molar-refractivity contribution in [2.45, 2.75) is 18.9 Å². The Hall–Kier alpha value is -3.32. The lowest BCUT2D eigenvalue weighted by Gasteiger charge is -2.36. The molecule has 0 radical (unpaired) electrons. The summed E-state index contributed by atoms with van der Waals surface area (Å²) in [6, 6.07) is 32.0. The van der Waals surface area contributed by atoms with Crippen molar-refractivity contribution in [3.63, 3.8) is 0 Å². The van der Waals surface area contributed by atoms with Crippen molar-refractivity contribution in [2.24, 2.45) is 0 Å². The molecule has 1 aliphatic rings. The van der Waals surface area contributed by atoms with Gasteiger partial charge in [-0.15, -0.1) is 0 Å². The minimum absolute atomic E-state index is 0.622. The first-order valence-electron chi connectivity index (χ1n) is 9.85. The van der Waals surface area contributed by atoms with E-state index in [1.54, 1.807) is 0 Å². The molecule has 1 heteroatoms. The molecule has 1 atom stereocenters. The Labute approximate surface area is 165 Å². The van der Waals surface area contributed by atoms with E-state index < -0.39 is 5.60 Å². The van der Waals surface area contributed by atoms with Crippen molar-refractivity contribution in [1.29, 1.82) is 0 Å². The summed E-state index contributed by atoms with van der Waals surface area (Å²) in [7, 11) is 0. The van der Waals surface area contributed by atoms with E-state index in [0.29, 0.717) is 0 Å². The van der Waals surface area contributed by atoms with Crippen LogP contribution in [0, 0.1) is 0 Å². The third-order valence-corrected chi connectivity index (χ3v) is 5.68. The van der Waals surface area contributed by atoms with E-state index >= 15 is 0 Å². The fraction of sp³-hybridized carbons (Fsp3) is 0.111. The Bertz CT molecular complexity index is 1160. The van der Waals surface area contributed by atoms with Crippen LogP contribution in [0.3, 0.4) is 0 Å². The number of aryl methyl sites for hydroxylation is 1. The third kappa shape index (κ3) is 2.63. The summed E-state index contributed by atoms with van der Waals surface area (Å²) in [5.41, 5.74) is 4.14. The fourth-order valence-electron chi connectivity index (χ4n) is 4.10. The summed E-state index contributed by atoms with van der Waals surface area (Å²) >= 11 is 0. The maximum atomic E-state index is 6.79. The van der Waals surface area contributed by atoms with E-state index in [1.165, 1.54) is 16.3 Å². The van der Waals surface area contributed by atoms with E-state index in [-0.39, 0.29) is 0 Å². The first kappa shape index (κ1) is 16.8. The molecule has 0 aliphatic carbocycles. The molecule has 1 nitrogen and oxygen atoms in total. The number of hydrogen-bond donors (Lipinski definition) is 0. The summed E-state index contributed by atoms with van der Waals surface area (Å²) in [5.74, 6) is 0.921. The summed E-state index contributed by atoms with van der Waals surface area (Å²) in [6.07, 6.45) is 5.46. The van der Waals surface area contributed by atoms with Gasteiger partial charge in [-0.25, -0.2) is 0 Å². The summed E-state index contributed by atoms with van der Waals surface area (Å²) in [4.78, 5) is 0. The van der Waals surface area contributed by atoms with Crippen LogP contribution in [-0.2, 0) is 12.0 Å². The van der Waals surface area contributed by atoms with Gasteiger partial charge in [0.25, 0.3) is 0 Å². The van der Waals surface area contributed by atoms with Crippen molar-refractivity contribution in [3.05, 3.63) is 119 Å². The summed E-state index contributed by atoms with van der Waals surface area (Å²) in [6.45, 7) is 2.18. The highest BCUT2D eigenvalue weighted by Gasteiger charge is 2.37. The largest absolute Gasteiger partial charge is 0.473 e. The molecule has 0 saturated carbocycles. The van der Waals surface area contributed by atoms with Gasteiger partial charge in [0.05, 0.1) is 0 Å². The van der Waals surface area contributed by atoms with Crippen LogP contribution in [0.25, 0.3) is 16.8 Å². The lowest BCUT2D eigenvalue weighted by Crippen LogP contribution is -2.34. The molecule has 1 heterocycles. The second-order valence-electron chi connectivity index (χ2n) is 7.29. The van der Waals surface area contributed by atoms with Crippen LogP contribution in [0.4, 0.5) is 0 Å². The number of hydrogen-bond acceptors (Lipinski definition) is 1. The monoisotopic (exact) mass is 362 g/mol. The molecule has 0 aromatic heterocycles. The number of benzene rings is 4. The molecule has 1 aliphatic heterocycles. The molecule has 4 aromatic carbocycles. The smallest absolute Gasteiger partial charge is 0.178 e. The van der Waals surface area contributed by atoms with Crippen molar-refractivity contribution in [1.82, 2.24) is 0 Å². The quantitative estimate of drug-likeness (QED) is 0.391. The average Bonchev–Trinajstić information content (AvgIpc) is 2.79. The Kier molecular flexibility index (Phi) is 4.02. The second kappa shape index (κ2) is 6.69. The molecule has 0 fully saturated rings. The van der Waals surface area contributed by atoms with Crippen molar-refractivity contribution < 1.29 is 4.74 Å². The molecular weight excluding hydrogens is 340 g/mol. The van der Waals surface area contributed by atoms with Crippen LogP contribution < -0.4 is 4.74 Å². The number of rotatable bonds is 3. The molecular formula is C27H22O. The molecule has 136 valence electrons. The zero-order valence-corrected chi connectivity index (χ0v) is 15.9. The van der Waals surface area contributed by atoms with Crippen LogP contribution >= 0.6 is 0 Å². The van der Waals surface area contributed by atoms with Gasteiger partial charge in [-0.1, -0.05) is 91.9 Å². The lowest BCUT2D eigenvalue weighted by molar-refractivity contribution is 0.161. The van der Waals surface area contributed by atoms with Crippen LogP contribution in [-0.4, -0.2) is 0 Å². The van der Waals surface area contributed by atoms with Gasteiger partial charge in [-0.2, -0.15) is 0 Å². The van der Waals surface area contributed by atoms with Crippen LogP contribution in [0.5, 0.6) is 5.75 Å². The van der Waals surface area contributed by atoms with E-state index in [0.717, 1.165) is 28.9 Å². The van der Waals surface area contributed by atoms with E-state index in [1.807, 2.05) is 6.07 Å². The minimum atomic E-state index is -0.622. The standard InChI is InChI=1S/C27H22O/c1-2-20-12-15-23(16-13-20)27(22-9-4-3-5-10-22)19-18-25-24-11-7-6-8-21(24)14-17-26(25)28-27/h3-19H,2H2,1H3. The van der Waals surface area contributed by atoms with Gasteiger partial charge in [0.2, 0.25) is 0 Å². The van der Waals surface area contributed by atoms with Gasteiger partial charge in [-0.3, -0.25) is 0 Å². The maximum Gasteiger partial charge on any atom is 0.178 e. The van der Waals surface area contributed by atoms with Gasteiger partial charge in [0.15, 0.2) is 5.60 Å². The van der Waals surface area contributed by atoms with Crippen molar-refractivity contribution in [2.75, 3.05) is 0 Å². The SMILES string of the molecule is CCc1ccc(C2(c3ccccc3)C=Cc3c(ccc4ccccc34)O2)cc1. The van der Waals surface area contributed by atoms with E-state index in [2.05, 4.69) is 104 Å². The predicted octanol–water partition coefficient (Wildman–Crippen LogP) is 6.75. The Morgan fingerprint density at radius 1 is 0.714 bits per heavy atom. The number of ether oxygens (including phenoxy) is 1. The second-order valence-corrected chi connectivity index (χ2v) is 7.29. The van der Waals surface area contributed by atoms with Gasteiger partial charge in [0, 0.05) is 16.7 Å². The zero-order valence-electron chi connectivity index (χ0n) is 15.9. The summed E-state index contributed by atoms with van der Waals surface area (Å²) in [5, 5.41) is 2.45.